The van der Waals surface area contributed by atoms with E-state index in [4.69, 9.17) is 5.73 Å². The van der Waals surface area contributed by atoms with Crippen LogP contribution in [0, 0.1) is 6.92 Å². The van der Waals surface area contributed by atoms with Crippen molar-refractivity contribution in [1.29, 1.82) is 0 Å². The van der Waals surface area contributed by atoms with Crippen LogP contribution in [0.2, 0.25) is 0 Å². The maximum atomic E-state index is 6.16. The lowest BCUT2D eigenvalue weighted by molar-refractivity contribution is 0.949. The minimum atomic E-state index is 0.817. The predicted molar refractivity (Wildman–Crippen MR) is 75.9 cm³/mol. The number of anilines is 2. The maximum absolute atomic E-state index is 6.16. The van der Waals surface area contributed by atoms with Crippen molar-refractivity contribution in [2.75, 3.05) is 23.7 Å². The second-order valence-electron chi connectivity index (χ2n) is 4.61. The molecule has 94 valence electrons. The first-order chi connectivity index (χ1) is 8.74. The standard InChI is InChI=1S/C13H16N4S/c1-9-15-13(18-16-9)10-4-5-12(11(14)8-10)17-6-2-3-7-17/h4-5,8H,2-3,6-7,14H2,1H3. The summed E-state index contributed by atoms with van der Waals surface area (Å²) in [5.41, 5.74) is 9.20. The molecule has 0 atom stereocenters. The molecule has 5 heteroatoms. The van der Waals surface area contributed by atoms with Gasteiger partial charge in [0.05, 0.1) is 11.4 Å². The number of benzene rings is 1. The van der Waals surface area contributed by atoms with Crippen LogP contribution >= 0.6 is 11.5 Å². The third kappa shape index (κ3) is 2.06. The Morgan fingerprint density at radius 1 is 1.28 bits per heavy atom. The molecule has 0 aliphatic carbocycles. The van der Waals surface area contributed by atoms with Crippen LogP contribution in [-0.4, -0.2) is 22.4 Å². The minimum absolute atomic E-state index is 0.817. The lowest BCUT2D eigenvalue weighted by atomic mass is 10.1. The summed E-state index contributed by atoms with van der Waals surface area (Å²) in [5, 5.41) is 0.937. The van der Waals surface area contributed by atoms with Gasteiger partial charge in [0.1, 0.15) is 10.8 Å². The summed E-state index contributed by atoms with van der Waals surface area (Å²) in [7, 11) is 0. The molecule has 0 amide bonds. The lowest BCUT2D eigenvalue weighted by Gasteiger charge is -2.19. The first-order valence-electron chi connectivity index (χ1n) is 6.19. The molecule has 2 aromatic rings. The van der Waals surface area contributed by atoms with Crippen molar-refractivity contribution in [3.8, 4) is 10.6 Å². The largest absolute Gasteiger partial charge is 0.397 e. The van der Waals surface area contributed by atoms with Gasteiger partial charge in [0.2, 0.25) is 0 Å². The van der Waals surface area contributed by atoms with E-state index >= 15 is 0 Å². The summed E-state index contributed by atoms with van der Waals surface area (Å²) in [5.74, 6) is 0.817. The number of nitrogens with zero attached hydrogens (tertiary/aromatic N) is 3. The zero-order valence-corrected chi connectivity index (χ0v) is 11.2. The fourth-order valence-corrected chi connectivity index (χ4v) is 3.01. The van der Waals surface area contributed by atoms with Crippen molar-refractivity contribution in [2.45, 2.75) is 19.8 Å². The van der Waals surface area contributed by atoms with Gasteiger partial charge in [0.25, 0.3) is 0 Å². The van der Waals surface area contributed by atoms with E-state index in [0.717, 1.165) is 40.9 Å². The van der Waals surface area contributed by atoms with Crippen molar-refractivity contribution < 1.29 is 0 Å². The summed E-state index contributed by atoms with van der Waals surface area (Å²) in [6.45, 7) is 4.13. The van der Waals surface area contributed by atoms with Crippen LogP contribution < -0.4 is 10.6 Å². The molecule has 1 aliphatic rings. The third-order valence-electron chi connectivity index (χ3n) is 3.25. The molecule has 2 N–H and O–H groups in total. The minimum Gasteiger partial charge on any atom is -0.397 e. The van der Waals surface area contributed by atoms with E-state index in [9.17, 15) is 0 Å². The van der Waals surface area contributed by atoms with E-state index in [2.05, 4.69) is 26.4 Å². The Morgan fingerprint density at radius 2 is 2.06 bits per heavy atom. The quantitative estimate of drug-likeness (QED) is 0.843. The third-order valence-corrected chi connectivity index (χ3v) is 4.10. The fraction of sp³-hybridized carbons (Fsp3) is 0.385. The van der Waals surface area contributed by atoms with Crippen LogP contribution in [0.25, 0.3) is 10.6 Å². The molecule has 0 unspecified atom stereocenters. The van der Waals surface area contributed by atoms with E-state index in [1.807, 2.05) is 13.0 Å². The molecule has 4 nitrogen and oxygen atoms in total. The summed E-state index contributed by atoms with van der Waals surface area (Å²) in [6.07, 6.45) is 2.52. The molecule has 0 radical (unpaired) electrons. The predicted octanol–water partition coefficient (Wildman–Crippen LogP) is 2.70. The number of nitrogen functional groups attached to an aromatic ring is 1. The van der Waals surface area contributed by atoms with Gasteiger partial charge in [-0.15, -0.1) is 0 Å². The van der Waals surface area contributed by atoms with E-state index in [1.54, 1.807) is 0 Å². The first kappa shape index (κ1) is 11.5. The van der Waals surface area contributed by atoms with Crippen LogP contribution in [0.4, 0.5) is 11.4 Å². The fourth-order valence-electron chi connectivity index (χ4n) is 2.35. The Morgan fingerprint density at radius 3 is 2.67 bits per heavy atom. The molecule has 1 fully saturated rings. The van der Waals surface area contributed by atoms with E-state index in [-0.39, 0.29) is 0 Å². The highest BCUT2D eigenvalue weighted by Gasteiger charge is 2.15. The number of hydrogen-bond donors (Lipinski definition) is 1. The number of aromatic nitrogens is 2. The Bertz CT molecular complexity index is 558. The molecule has 1 aromatic heterocycles. The van der Waals surface area contributed by atoms with Crippen LogP contribution in [0.5, 0.6) is 0 Å². The molecule has 3 rings (SSSR count). The molecule has 1 aliphatic heterocycles. The zero-order chi connectivity index (χ0) is 12.5. The maximum Gasteiger partial charge on any atom is 0.144 e. The van der Waals surface area contributed by atoms with Gasteiger partial charge in [-0.3, -0.25) is 0 Å². The van der Waals surface area contributed by atoms with Crippen molar-refractivity contribution in [1.82, 2.24) is 9.36 Å². The molecule has 18 heavy (non-hydrogen) atoms. The van der Waals surface area contributed by atoms with Crippen molar-refractivity contribution in [3.05, 3.63) is 24.0 Å². The van der Waals surface area contributed by atoms with Crippen molar-refractivity contribution in [3.63, 3.8) is 0 Å². The number of hydrogen-bond acceptors (Lipinski definition) is 5. The SMILES string of the molecule is Cc1nsc(-c2ccc(N3CCCC3)c(N)c2)n1. The van der Waals surface area contributed by atoms with Crippen LogP contribution in [0.1, 0.15) is 18.7 Å². The monoisotopic (exact) mass is 260 g/mol. The van der Waals surface area contributed by atoms with E-state index in [0.29, 0.717) is 0 Å². The summed E-state index contributed by atoms with van der Waals surface area (Å²) < 4.78 is 4.20. The van der Waals surface area contributed by atoms with Gasteiger partial charge in [0.15, 0.2) is 0 Å². The van der Waals surface area contributed by atoms with Crippen LogP contribution in [-0.2, 0) is 0 Å². The van der Waals surface area contributed by atoms with Crippen molar-refractivity contribution in [2.24, 2.45) is 0 Å². The molecule has 1 aromatic carbocycles. The van der Waals surface area contributed by atoms with Crippen LogP contribution in [0.15, 0.2) is 18.2 Å². The number of rotatable bonds is 2. The highest BCUT2D eigenvalue weighted by Crippen LogP contribution is 2.31. The molecule has 0 saturated carbocycles. The normalized spacial score (nSPS) is 15.3. The lowest BCUT2D eigenvalue weighted by Crippen LogP contribution is -2.18. The Kier molecular flexibility index (Phi) is 2.91. The second-order valence-corrected chi connectivity index (χ2v) is 5.37. The van der Waals surface area contributed by atoms with Gasteiger partial charge in [-0.25, -0.2) is 4.98 Å². The molecule has 2 heterocycles. The average Bonchev–Trinajstić information content (AvgIpc) is 2.99. The van der Waals surface area contributed by atoms with Crippen molar-refractivity contribution >= 4 is 22.9 Å². The Hall–Kier alpha value is -1.62. The second kappa shape index (κ2) is 4.57. The van der Waals surface area contributed by atoms with Gasteiger partial charge >= 0.3 is 0 Å². The average molecular weight is 260 g/mol. The van der Waals surface area contributed by atoms with Gasteiger partial charge < -0.3 is 10.6 Å². The summed E-state index contributed by atoms with van der Waals surface area (Å²) in [4.78, 5) is 6.74. The van der Waals surface area contributed by atoms with Gasteiger partial charge in [-0.05, 0) is 49.5 Å². The summed E-state index contributed by atoms with van der Waals surface area (Å²) in [6, 6.07) is 6.20. The van der Waals surface area contributed by atoms with Crippen LogP contribution in [0.3, 0.4) is 0 Å². The van der Waals surface area contributed by atoms with Gasteiger partial charge in [0, 0.05) is 18.7 Å². The number of nitrogens with two attached hydrogens (primary N) is 1. The Labute approximate surface area is 111 Å². The highest BCUT2D eigenvalue weighted by molar-refractivity contribution is 7.09. The van der Waals surface area contributed by atoms with E-state index < -0.39 is 0 Å². The molecule has 0 bridgehead atoms. The van der Waals surface area contributed by atoms with Gasteiger partial charge in [-0.1, -0.05) is 0 Å². The van der Waals surface area contributed by atoms with E-state index in [1.165, 1.54) is 24.4 Å². The zero-order valence-electron chi connectivity index (χ0n) is 10.4. The molecule has 0 spiro atoms. The summed E-state index contributed by atoms with van der Waals surface area (Å²) >= 11 is 1.42. The number of aryl methyl sites for hydroxylation is 1. The molecular formula is C13H16N4S. The topological polar surface area (TPSA) is 55.0 Å². The highest BCUT2D eigenvalue weighted by atomic mass is 32.1. The smallest absolute Gasteiger partial charge is 0.144 e. The first-order valence-corrected chi connectivity index (χ1v) is 6.96. The van der Waals surface area contributed by atoms with Gasteiger partial charge in [-0.2, -0.15) is 4.37 Å². The molecule has 1 saturated heterocycles. The Balaban J connectivity index is 1.93. The molecular weight excluding hydrogens is 244 g/mol.